The fraction of sp³-hybridized carbons (Fsp3) is 0.167. The van der Waals surface area contributed by atoms with E-state index in [4.69, 9.17) is 0 Å². The number of aryl methyl sites for hydroxylation is 1. The first-order valence-electron chi connectivity index (χ1n) is 2.38. The minimum atomic E-state index is 0. The van der Waals surface area contributed by atoms with E-state index >= 15 is 0 Å². The van der Waals surface area contributed by atoms with Gasteiger partial charge in [0.05, 0.1) is 0 Å². The zero-order chi connectivity index (χ0) is 7.11. The second kappa shape index (κ2) is 17.4. The van der Waals surface area contributed by atoms with Crippen LogP contribution in [0.15, 0.2) is 24.5 Å². The van der Waals surface area contributed by atoms with Crippen LogP contribution in [0.2, 0.25) is 0 Å². The average Bonchev–Trinajstić information content (AvgIpc) is 1.94. The van der Waals surface area contributed by atoms with Crippen LogP contribution in [0.4, 0.5) is 0 Å². The van der Waals surface area contributed by atoms with Gasteiger partial charge in [0.1, 0.15) is 0 Å². The van der Waals surface area contributed by atoms with Crippen molar-refractivity contribution in [1.29, 1.82) is 0 Å². The molecule has 0 radical (unpaired) electrons. The smallest absolute Gasteiger partial charge is 0.693 e. The van der Waals surface area contributed by atoms with Gasteiger partial charge >= 0.3 is 28.2 Å². The van der Waals surface area contributed by atoms with Crippen molar-refractivity contribution in [3.05, 3.63) is 42.4 Å². The number of pyridine rings is 1. The molecular weight excluding hydrogens is 380 g/mol. The summed E-state index contributed by atoms with van der Waals surface area (Å²) in [6.45, 7) is 2.04. The predicted octanol–water partition coefficient (Wildman–Crippen LogP) is 0.515. The van der Waals surface area contributed by atoms with Crippen molar-refractivity contribution in [1.82, 2.24) is 4.98 Å². The zero-order valence-corrected chi connectivity index (χ0v) is 10.3. The van der Waals surface area contributed by atoms with Crippen molar-refractivity contribution in [2.75, 3.05) is 0 Å². The maximum Gasteiger partial charge on any atom is -0.693 e. The van der Waals surface area contributed by atoms with Gasteiger partial charge in [-0.2, -0.15) is 0 Å². The topological polar surface area (TPSA) is 79.9 Å². The van der Waals surface area contributed by atoms with E-state index < -0.39 is 0 Å². The van der Waals surface area contributed by atoms with Crippen LogP contribution >= 0.6 is 9.42 Å². The van der Waals surface area contributed by atoms with Crippen LogP contribution in [0.25, 0.3) is 12.3 Å². The van der Waals surface area contributed by atoms with Gasteiger partial charge in [0, 0.05) is 12.4 Å². The number of halogens is 2. The second-order valence-electron chi connectivity index (χ2n) is 1.52. The Hall–Kier alpha value is 0.338. The van der Waals surface area contributed by atoms with E-state index in [1.165, 1.54) is 5.56 Å². The van der Waals surface area contributed by atoms with Crippen LogP contribution in [0.3, 0.4) is 0 Å². The molecule has 1 aromatic heterocycles. The molecule has 0 aliphatic rings. The molecular formula is C6H11Cl2N3Pt-2. The molecule has 1 heterocycles. The third-order valence-electron chi connectivity index (χ3n) is 0.847. The zero-order valence-electron chi connectivity index (χ0n) is 6.48. The molecule has 1 aromatic rings. The monoisotopic (exact) mass is 390 g/mol. The van der Waals surface area contributed by atoms with E-state index in [0.717, 1.165) is 0 Å². The summed E-state index contributed by atoms with van der Waals surface area (Å²) in [6.07, 6.45) is 3.57. The fourth-order valence-electron chi connectivity index (χ4n) is 0.426. The summed E-state index contributed by atoms with van der Waals surface area (Å²) in [7, 11) is 4.61. The van der Waals surface area contributed by atoms with E-state index in [-0.39, 0.29) is 24.7 Å². The van der Waals surface area contributed by atoms with Gasteiger partial charge in [-0.05, 0) is 24.6 Å². The van der Waals surface area contributed by atoms with E-state index in [9.17, 15) is 0 Å². The number of nitrogens with two attached hydrogens (primary N) is 2. The minimum Gasteiger partial charge on any atom is -0.693 e. The number of hydrogen-bond acceptors (Lipinski definition) is 1. The SMILES string of the molecule is Cc1ccncc1.[Cl-].[Cl][Pt+].[NH2-].[NH2-]. The number of aromatic nitrogens is 1. The molecule has 3 nitrogen and oxygen atoms in total. The summed E-state index contributed by atoms with van der Waals surface area (Å²) in [4.78, 5) is 3.85. The molecule has 6 heteroatoms. The van der Waals surface area contributed by atoms with Gasteiger partial charge in [-0.25, -0.2) is 0 Å². The van der Waals surface area contributed by atoms with Crippen molar-refractivity contribution in [2.45, 2.75) is 6.92 Å². The Morgan fingerprint density at radius 2 is 1.50 bits per heavy atom. The Balaban J connectivity index is -0.0000000600. The maximum atomic E-state index is 4.61. The van der Waals surface area contributed by atoms with Gasteiger partial charge in [-0.1, -0.05) is 0 Å². The van der Waals surface area contributed by atoms with Crippen molar-refractivity contribution >= 4 is 9.42 Å². The van der Waals surface area contributed by atoms with Gasteiger partial charge in [-0.15, -0.1) is 0 Å². The molecule has 0 aliphatic carbocycles. The summed E-state index contributed by atoms with van der Waals surface area (Å²) < 4.78 is 0. The van der Waals surface area contributed by atoms with Crippen LogP contribution in [-0.4, -0.2) is 4.98 Å². The summed E-state index contributed by atoms with van der Waals surface area (Å²) in [6, 6.07) is 3.94. The third-order valence-corrected chi connectivity index (χ3v) is 0.847. The largest absolute Gasteiger partial charge is 0.693 e. The molecule has 1 rings (SSSR count). The van der Waals surface area contributed by atoms with Crippen LogP contribution in [0.5, 0.6) is 0 Å². The van der Waals surface area contributed by atoms with Gasteiger partial charge in [0.2, 0.25) is 0 Å². The van der Waals surface area contributed by atoms with E-state index in [0.29, 0.717) is 0 Å². The first-order chi connectivity index (χ1) is 4.39. The molecule has 0 saturated carbocycles. The standard InChI is InChI=1S/C6H7N.2ClH.2H2N.Pt/c1-6-2-4-7-5-3-6;;;;;/h2-5H,1H3;2*1H;2*1H2;/q;;;2*-1;+2/p-2. The Bertz CT molecular complexity index is 151. The second-order valence-corrected chi connectivity index (χ2v) is 1.52. The Morgan fingerprint density at radius 3 is 1.67 bits per heavy atom. The molecule has 0 saturated heterocycles. The molecule has 0 bridgehead atoms. The van der Waals surface area contributed by atoms with Crippen molar-refractivity contribution < 1.29 is 31.2 Å². The quantitative estimate of drug-likeness (QED) is 0.635. The summed E-state index contributed by atoms with van der Waals surface area (Å²) in [5.74, 6) is 0. The van der Waals surface area contributed by atoms with E-state index in [1.807, 2.05) is 19.1 Å². The number of hydrogen-bond donors (Lipinski definition) is 0. The van der Waals surface area contributed by atoms with Crippen molar-refractivity contribution in [3.8, 4) is 0 Å². The molecule has 0 amide bonds. The van der Waals surface area contributed by atoms with Crippen LogP contribution in [0, 0.1) is 6.92 Å². The van der Waals surface area contributed by atoms with Gasteiger partial charge < -0.3 is 24.7 Å². The first kappa shape index (κ1) is 22.8. The van der Waals surface area contributed by atoms with Crippen molar-refractivity contribution in [2.24, 2.45) is 0 Å². The minimum absolute atomic E-state index is 0. The van der Waals surface area contributed by atoms with Crippen molar-refractivity contribution in [3.63, 3.8) is 0 Å². The molecule has 0 aromatic carbocycles. The van der Waals surface area contributed by atoms with Gasteiger partial charge in [0.25, 0.3) is 0 Å². The van der Waals surface area contributed by atoms with Crippen LogP contribution in [0.1, 0.15) is 5.56 Å². The Morgan fingerprint density at radius 1 is 1.17 bits per heavy atom. The third kappa shape index (κ3) is 13.0. The first-order valence-corrected chi connectivity index (χ1v) is 5.20. The molecule has 0 aliphatic heterocycles. The summed E-state index contributed by atoms with van der Waals surface area (Å²) >= 11 is 1.61. The molecule has 0 fully saturated rings. The molecule has 76 valence electrons. The van der Waals surface area contributed by atoms with Crippen LogP contribution < -0.4 is 12.4 Å². The Kier molecular flexibility index (Phi) is 33.1. The summed E-state index contributed by atoms with van der Waals surface area (Å²) in [5, 5.41) is 0. The van der Waals surface area contributed by atoms with Crippen LogP contribution in [-0.2, 0) is 18.8 Å². The molecule has 0 unspecified atom stereocenters. The molecule has 4 N–H and O–H groups in total. The molecule has 0 spiro atoms. The predicted molar refractivity (Wildman–Crippen MR) is 45.4 cm³/mol. The van der Waals surface area contributed by atoms with Gasteiger partial charge in [0.15, 0.2) is 0 Å². The number of rotatable bonds is 0. The summed E-state index contributed by atoms with van der Waals surface area (Å²) in [5.41, 5.74) is 1.26. The number of nitrogens with zero attached hydrogens (tertiary/aromatic N) is 1. The van der Waals surface area contributed by atoms with E-state index in [2.05, 4.69) is 14.4 Å². The molecule has 0 atom stereocenters. The Labute approximate surface area is 94.7 Å². The maximum absolute atomic E-state index is 4.61. The normalized spacial score (nSPS) is 5.67. The molecule has 12 heavy (non-hydrogen) atoms. The van der Waals surface area contributed by atoms with Gasteiger partial charge in [-0.3, -0.25) is 4.98 Å². The fourth-order valence-corrected chi connectivity index (χ4v) is 0.426. The van der Waals surface area contributed by atoms with E-state index in [1.54, 1.807) is 31.2 Å². The average molecular weight is 391 g/mol.